The molecule has 1 unspecified atom stereocenters. The first-order valence-electron chi connectivity index (χ1n) is 14.1. The summed E-state index contributed by atoms with van der Waals surface area (Å²) in [6.45, 7) is 2.68. The number of carbonyl (C=O) groups excluding carboxylic acids is 1. The molecule has 9 nitrogen and oxygen atoms in total. The molecule has 0 bridgehead atoms. The van der Waals surface area contributed by atoms with Gasteiger partial charge in [-0.15, -0.1) is 0 Å². The second-order valence-electron chi connectivity index (χ2n) is 10.6. The molecule has 6 rings (SSSR count). The van der Waals surface area contributed by atoms with Crippen LogP contribution in [0, 0.1) is 23.1 Å². The number of ether oxygens (including phenoxy) is 1. The van der Waals surface area contributed by atoms with Crippen molar-refractivity contribution in [2.75, 3.05) is 19.6 Å². The third-order valence-electron chi connectivity index (χ3n) is 7.79. The van der Waals surface area contributed by atoms with E-state index in [0.29, 0.717) is 51.4 Å². The number of rotatable bonds is 7. The van der Waals surface area contributed by atoms with Gasteiger partial charge in [0.15, 0.2) is 0 Å². The van der Waals surface area contributed by atoms with Crippen LogP contribution in [0.3, 0.4) is 0 Å². The summed E-state index contributed by atoms with van der Waals surface area (Å²) in [6.07, 6.45) is 6.87. The van der Waals surface area contributed by atoms with Gasteiger partial charge in [0.25, 0.3) is 0 Å². The molecule has 4 heterocycles. The van der Waals surface area contributed by atoms with Crippen LogP contribution >= 0.6 is 0 Å². The monoisotopic (exact) mass is 625 g/mol. The molecule has 212 valence electrons. The van der Waals surface area contributed by atoms with Gasteiger partial charge in [0.05, 0.1) is 0 Å². The van der Waals surface area contributed by atoms with Gasteiger partial charge in [-0.2, -0.15) is 0 Å². The molecule has 2 radical (unpaired) electrons. The molecule has 42 heavy (non-hydrogen) atoms. The van der Waals surface area contributed by atoms with Crippen molar-refractivity contribution in [1.29, 1.82) is 5.26 Å². The van der Waals surface area contributed by atoms with E-state index in [1.807, 2.05) is 24.3 Å². The molecule has 1 amide bonds. The molecule has 2 aliphatic rings. The van der Waals surface area contributed by atoms with Crippen molar-refractivity contribution in [3.05, 3.63) is 72.3 Å². The third kappa shape index (κ3) is 5.80. The van der Waals surface area contributed by atoms with Gasteiger partial charge in [0.2, 0.25) is 0 Å². The standard InChI is InChI=1S/C31H29AsFN7O2/c32-29-27-28(25-11-10-24(15-26(25)33)42-23-8-2-1-3-9-23)38-40(30(27)37-19-36-29)18-22-7-5-13-39(22)31(41)21(16-34)14-20-6-4-12-35-17-20/h1-3,8-11,14-15,19-20,22,35H,4-7,12-13,17-18H2/t20?,22-/m1/s1. The van der Waals surface area contributed by atoms with E-state index in [1.165, 1.54) is 12.4 Å². The minimum absolute atomic E-state index is 0.174. The number of carbonyl (C=O) groups is 1. The van der Waals surface area contributed by atoms with Crippen LogP contribution in [-0.2, 0) is 11.3 Å². The SMILES string of the molecule is N#CC(=CC1CCCNC1)C(=O)N1CCC[C@@H]1Cn1nc(-c2ccc(Oc3ccccc3)cc2F)c2c([As])ncnc21. The van der Waals surface area contributed by atoms with E-state index in [-0.39, 0.29) is 23.4 Å². The van der Waals surface area contributed by atoms with Gasteiger partial charge < -0.3 is 5.32 Å². The summed E-state index contributed by atoms with van der Waals surface area (Å²) in [6, 6.07) is 15.9. The fourth-order valence-electron chi connectivity index (χ4n) is 5.75. The van der Waals surface area contributed by atoms with Gasteiger partial charge >= 0.3 is 234 Å². The Morgan fingerprint density at radius 1 is 1.17 bits per heavy atom. The molecule has 2 saturated heterocycles. The molecule has 4 aromatic rings. The third-order valence-corrected chi connectivity index (χ3v) is 8.51. The number of nitriles is 1. The van der Waals surface area contributed by atoms with Crippen molar-refractivity contribution in [2.24, 2.45) is 5.92 Å². The molecule has 11 heteroatoms. The molecule has 0 spiro atoms. The Morgan fingerprint density at radius 3 is 2.79 bits per heavy atom. The number of hydrogen-bond acceptors (Lipinski definition) is 7. The number of fused-ring (bicyclic) bond motifs is 1. The molecule has 2 aliphatic heterocycles. The van der Waals surface area contributed by atoms with Gasteiger partial charge in [-0.3, -0.25) is 0 Å². The number of likely N-dealkylation sites (tertiary alicyclic amines) is 1. The van der Waals surface area contributed by atoms with E-state index in [4.69, 9.17) is 9.84 Å². The normalized spacial score (nSPS) is 19.2. The number of nitrogens with one attached hydrogen (secondary N) is 1. The molecule has 2 aromatic heterocycles. The number of aromatic nitrogens is 4. The summed E-state index contributed by atoms with van der Waals surface area (Å²) in [7, 11) is 0. The van der Waals surface area contributed by atoms with E-state index < -0.39 is 5.82 Å². The molecule has 2 atom stereocenters. The van der Waals surface area contributed by atoms with Gasteiger partial charge in [-0.25, -0.2) is 0 Å². The van der Waals surface area contributed by atoms with Crippen molar-refractivity contribution in [3.8, 4) is 28.8 Å². The van der Waals surface area contributed by atoms with Crippen LogP contribution < -0.4 is 14.5 Å². The molecule has 0 saturated carbocycles. The first kappa shape index (κ1) is 28.1. The number of halogens is 1. The summed E-state index contributed by atoms with van der Waals surface area (Å²) in [5, 5.41) is 18.6. The van der Waals surface area contributed by atoms with Crippen LogP contribution in [-0.4, -0.2) is 73.1 Å². The first-order valence-corrected chi connectivity index (χ1v) is 15.0. The van der Waals surface area contributed by atoms with Crippen molar-refractivity contribution in [1.82, 2.24) is 30.0 Å². The fraction of sp³-hybridized carbons (Fsp3) is 0.323. The van der Waals surface area contributed by atoms with Gasteiger partial charge in [-0.05, 0) is 13.0 Å². The van der Waals surface area contributed by atoms with E-state index in [1.54, 1.807) is 33.8 Å². The zero-order valence-electron chi connectivity index (χ0n) is 22.9. The van der Waals surface area contributed by atoms with Crippen LogP contribution in [0.5, 0.6) is 11.5 Å². The van der Waals surface area contributed by atoms with Crippen LogP contribution in [0.25, 0.3) is 22.3 Å². The molecule has 2 fully saturated rings. The number of nitrogens with zero attached hydrogens (tertiary/aromatic N) is 6. The van der Waals surface area contributed by atoms with Crippen molar-refractivity contribution < 1.29 is 13.9 Å². The Bertz CT molecular complexity index is 1680. The number of piperidine rings is 1. The Balaban J connectivity index is 1.28. The predicted octanol–water partition coefficient (Wildman–Crippen LogP) is 3.66. The van der Waals surface area contributed by atoms with Crippen LogP contribution in [0.2, 0.25) is 0 Å². The van der Waals surface area contributed by atoms with Gasteiger partial charge in [0, 0.05) is 0 Å². The second-order valence-corrected chi connectivity index (χ2v) is 11.5. The topological polar surface area (TPSA) is 109 Å². The molecular formula is C31H29AsFN7O2. The Kier molecular flexibility index (Phi) is 8.31. The summed E-state index contributed by atoms with van der Waals surface area (Å²) in [5.74, 6) is 0.434. The maximum absolute atomic E-state index is 15.5. The van der Waals surface area contributed by atoms with Crippen LogP contribution in [0.15, 0.2) is 66.5 Å². The Labute approximate surface area is 251 Å². The summed E-state index contributed by atoms with van der Waals surface area (Å²) in [5.41, 5.74) is 1.47. The number of hydrogen-bond donors (Lipinski definition) is 1. The average Bonchev–Trinajstić information content (AvgIpc) is 3.62. The van der Waals surface area contributed by atoms with E-state index >= 15 is 4.39 Å². The number of benzene rings is 2. The summed E-state index contributed by atoms with van der Waals surface area (Å²) < 4.78 is 23.7. The van der Waals surface area contributed by atoms with E-state index in [9.17, 15) is 10.1 Å². The van der Waals surface area contributed by atoms with Crippen LogP contribution in [0.4, 0.5) is 4.39 Å². The van der Waals surface area contributed by atoms with Crippen molar-refractivity contribution in [3.63, 3.8) is 0 Å². The Hall–Kier alpha value is -4.06. The molecule has 0 aliphatic carbocycles. The summed E-state index contributed by atoms with van der Waals surface area (Å²) in [4.78, 5) is 24.1. The van der Waals surface area contributed by atoms with Crippen LogP contribution in [0.1, 0.15) is 25.7 Å². The average molecular weight is 626 g/mol. The Morgan fingerprint density at radius 2 is 2.02 bits per heavy atom. The zero-order chi connectivity index (χ0) is 29.1. The summed E-state index contributed by atoms with van der Waals surface area (Å²) >= 11 is 2.40. The molecule has 1 N–H and O–H groups in total. The maximum atomic E-state index is 15.5. The zero-order valence-corrected chi connectivity index (χ0v) is 24.8. The van der Waals surface area contributed by atoms with E-state index in [0.717, 1.165) is 38.8 Å². The fourth-order valence-corrected chi connectivity index (χ4v) is 6.29. The predicted molar refractivity (Wildman–Crippen MR) is 157 cm³/mol. The van der Waals surface area contributed by atoms with Gasteiger partial charge in [-0.1, -0.05) is 0 Å². The second kappa shape index (κ2) is 12.4. The minimum atomic E-state index is -0.482. The van der Waals surface area contributed by atoms with Gasteiger partial charge in [0.1, 0.15) is 0 Å². The number of para-hydroxylation sites is 1. The first-order chi connectivity index (χ1) is 20.5. The molecular weight excluding hydrogens is 596 g/mol. The van der Waals surface area contributed by atoms with E-state index in [2.05, 4.69) is 38.2 Å². The number of amides is 1. The molecule has 2 aromatic carbocycles. The quantitative estimate of drug-likeness (QED) is 0.190. The van der Waals surface area contributed by atoms with Crippen molar-refractivity contribution >= 4 is 38.3 Å². The van der Waals surface area contributed by atoms with Crippen molar-refractivity contribution in [2.45, 2.75) is 38.3 Å².